The van der Waals surface area contributed by atoms with Crippen LogP contribution in [0, 0.1) is 39.0 Å². The van der Waals surface area contributed by atoms with E-state index in [0.717, 1.165) is 67.8 Å². The van der Waals surface area contributed by atoms with Crippen molar-refractivity contribution in [1.29, 1.82) is 5.26 Å². The lowest BCUT2D eigenvalue weighted by Gasteiger charge is -2.30. The van der Waals surface area contributed by atoms with Crippen LogP contribution >= 0.6 is 0 Å². The van der Waals surface area contributed by atoms with Crippen molar-refractivity contribution in [1.82, 2.24) is 0 Å². The first-order valence-corrected chi connectivity index (χ1v) is 22.4. The van der Waals surface area contributed by atoms with E-state index in [0.29, 0.717) is 53.7 Å². The number of aliphatic hydroxyl groups excluding tert-OH is 1. The molecule has 5 aromatic rings. The van der Waals surface area contributed by atoms with Crippen LogP contribution < -0.4 is 9.47 Å². The number of carbonyl (C=O) groups is 3. The monoisotopic (exact) mass is 905 g/mol. The van der Waals surface area contributed by atoms with Gasteiger partial charge in [0, 0.05) is 29.4 Å². The zero-order valence-corrected chi connectivity index (χ0v) is 39.5. The van der Waals surface area contributed by atoms with E-state index in [2.05, 4.69) is 0 Å². The molecule has 1 aliphatic heterocycles. The second-order valence-electron chi connectivity index (χ2n) is 16.7. The number of fused-ring (bicyclic) bond motifs is 3. The maximum atomic E-state index is 13.0. The first-order valence-electron chi connectivity index (χ1n) is 22.4. The summed E-state index contributed by atoms with van der Waals surface area (Å²) < 4.78 is 27.3. The molecule has 348 valence electrons. The smallest absolute Gasteiger partial charge is 0.340 e. The lowest BCUT2D eigenvalue weighted by atomic mass is 9.80. The minimum absolute atomic E-state index is 0.0109. The standard InChI is InChI=1S/C28H30O5.C14H13NO2.C14H16O3/c1-5-6-20-16(2)13-21-22(14-29)26-24(33-15-18-7-9-19(32-4)10-8-18)12-11-23(30)27(26)28(31)25(21)17(20)3;1-4-5-10-8(2)6-11-12(7-15)17-14(16)13(11)9(10)3;1-16-13-6-2-11(3-7-13)10-17-14-8-4-12(15)5-9-14/h5-10,13,24,29,31H,11-12,14-15H2,1-4H3;4-6,12H,1-3H3;2-4,6-8,14H,5,9-10H2,1H3/b6-5+;5-4+;/t24-;;14-/m0.1/s1. The molecule has 0 amide bonds. The number of nitriles is 1. The lowest BCUT2D eigenvalue weighted by molar-refractivity contribution is -0.115. The van der Waals surface area contributed by atoms with Crippen LogP contribution in [0.2, 0.25) is 0 Å². The van der Waals surface area contributed by atoms with Crippen molar-refractivity contribution >= 4 is 40.5 Å². The summed E-state index contributed by atoms with van der Waals surface area (Å²) in [7, 11) is 3.27. The number of carbonyl (C=O) groups excluding carboxylic acids is 3. The number of ketones is 2. The molecule has 0 bridgehead atoms. The van der Waals surface area contributed by atoms with Crippen molar-refractivity contribution in [3.63, 3.8) is 0 Å². The van der Waals surface area contributed by atoms with Gasteiger partial charge in [-0.3, -0.25) is 9.59 Å². The van der Waals surface area contributed by atoms with Gasteiger partial charge in [0.15, 0.2) is 11.6 Å². The van der Waals surface area contributed by atoms with Crippen LogP contribution in [0.15, 0.2) is 85.0 Å². The van der Waals surface area contributed by atoms with Crippen molar-refractivity contribution in [2.75, 3.05) is 14.2 Å². The number of rotatable bonds is 11. The largest absolute Gasteiger partial charge is 0.507 e. The number of ether oxygens (including phenoxy) is 5. The Morgan fingerprint density at radius 3 is 1.90 bits per heavy atom. The molecule has 0 saturated heterocycles. The maximum absolute atomic E-state index is 13.0. The van der Waals surface area contributed by atoms with Crippen LogP contribution in [0.5, 0.6) is 17.2 Å². The highest BCUT2D eigenvalue weighted by Gasteiger charge is 2.35. The Labute approximate surface area is 392 Å². The summed E-state index contributed by atoms with van der Waals surface area (Å²) in [5.41, 5.74) is 10.8. The molecule has 8 rings (SSSR count). The number of hydrogen-bond acceptors (Lipinski definition) is 11. The van der Waals surface area contributed by atoms with Crippen LogP contribution in [-0.2, 0) is 38.8 Å². The first-order chi connectivity index (χ1) is 32.3. The number of aliphatic hydroxyl groups is 1. The van der Waals surface area contributed by atoms with Crippen molar-refractivity contribution in [3.05, 3.63) is 157 Å². The van der Waals surface area contributed by atoms with E-state index in [4.69, 9.17) is 28.9 Å². The number of nitrogens with zero attached hydrogens (tertiary/aromatic N) is 1. The zero-order chi connectivity index (χ0) is 48.4. The highest BCUT2D eigenvalue weighted by molar-refractivity contribution is 6.10. The van der Waals surface area contributed by atoms with Gasteiger partial charge in [-0.2, -0.15) is 5.26 Å². The van der Waals surface area contributed by atoms with Gasteiger partial charge < -0.3 is 33.9 Å². The number of phenolic OH excluding ortho intramolecular Hbond substituents is 1. The molecule has 1 unspecified atom stereocenters. The Morgan fingerprint density at radius 1 is 0.776 bits per heavy atom. The number of esters is 1. The number of aryl methyl sites for hydroxylation is 3. The zero-order valence-electron chi connectivity index (χ0n) is 39.5. The molecule has 3 aliphatic rings. The number of Topliss-reactive ketones (excluding diaryl/α,β-unsaturated/α-hetero) is 1. The number of aromatic hydroxyl groups is 1. The Kier molecular flexibility index (Phi) is 16.7. The van der Waals surface area contributed by atoms with Crippen molar-refractivity contribution in [3.8, 4) is 23.3 Å². The first kappa shape index (κ1) is 49.6. The molecule has 5 aromatic carbocycles. The predicted octanol–water partition coefficient (Wildman–Crippen LogP) is 11.5. The summed E-state index contributed by atoms with van der Waals surface area (Å²) in [6.07, 6.45) is 12.4. The molecule has 67 heavy (non-hydrogen) atoms. The minimum Gasteiger partial charge on any atom is -0.507 e. The van der Waals surface area contributed by atoms with Gasteiger partial charge in [0.25, 0.3) is 0 Å². The summed E-state index contributed by atoms with van der Waals surface area (Å²) >= 11 is 0. The molecule has 11 nitrogen and oxygen atoms in total. The second-order valence-corrected chi connectivity index (χ2v) is 16.7. The number of cyclic esters (lactones) is 1. The van der Waals surface area contributed by atoms with E-state index in [-0.39, 0.29) is 42.0 Å². The number of hydrogen-bond donors (Lipinski definition) is 2. The fourth-order valence-corrected chi connectivity index (χ4v) is 8.94. The number of phenols is 1. The highest BCUT2D eigenvalue weighted by Crippen LogP contribution is 2.47. The molecule has 2 N–H and O–H groups in total. The summed E-state index contributed by atoms with van der Waals surface area (Å²) in [5, 5.41) is 32.1. The summed E-state index contributed by atoms with van der Waals surface area (Å²) in [6, 6.07) is 21.3. The topological polar surface area (TPSA) is 162 Å². The molecular weight excluding hydrogens is 847 g/mol. The molecule has 2 aliphatic carbocycles. The average molecular weight is 906 g/mol. The predicted molar refractivity (Wildman–Crippen MR) is 259 cm³/mol. The van der Waals surface area contributed by atoms with Gasteiger partial charge in [0.05, 0.1) is 57.4 Å². The van der Waals surface area contributed by atoms with E-state index in [9.17, 15) is 24.6 Å². The van der Waals surface area contributed by atoms with Gasteiger partial charge in [0.2, 0.25) is 6.10 Å². The maximum Gasteiger partial charge on any atom is 0.340 e. The van der Waals surface area contributed by atoms with Crippen LogP contribution in [0.1, 0.15) is 134 Å². The second kappa shape index (κ2) is 22.6. The van der Waals surface area contributed by atoms with Gasteiger partial charge in [-0.05, 0) is 146 Å². The third-order valence-corrected chi connectivity index (χ3v) is 12.4. The van der Waals surface area contributed by atoms with Crippen LogP contribution in [0.3, 0.4) is 0 Å². The lowest BCUT2D eigenvalue weighted by Crippen LogP contribution is -2.21. The minimum atomic E-state index is -0.755. The van der Waals surface area contributed by atoms with Crippen molar-refractivity contribution in [2.45, 2.75) is 105 Å². The van der Waals surface area contributed by atoms with Crippen LogP contribution in [-0.4, -0.2) is 48.1 Å². The normalized spacial score (nSPS) is 17.3. The summed E-state index contributed by atoms with van der Waals surface area (Å²) in [6.45, 7) is 12.4. The number of methoxy groups -OCH3 is 2. The van der Waals surface area contributed by atoms with E-state index in [1.54, 1.807) is 20.3 Å². The molecule has 3 atom stereocenters. The molecule has 1 heterocycles. The van der Waals surface area contributed by atoms with Gasteiger partial charge >= 0.3 is 5.97 Å². The molecular formula is C56H59NO10. The molecule has 0 fully saturated rings. The third-order valence-electron chi connectivity index (χ3n) is 12.4. The Hall–Kier alpha value is -6.84. The quantitative estimate of drug-likeness (QED) is 0.121. The van der Waals surface area contributed by atoms with Gasteiger partial charge in [0.1, 0.15) is 23.3 Å². The fraction of sp³-hybridized carbons (Fsp3) is 0.321. The average Bonchev–Trinajstić information content (AvgIpc) is 3.66. The Balaban J connectivity index is 0.000000183. The Bertz CT molecular complexity index is 2780. The summed E-state index contributed by atoms with van der Waals surface area (Å²) in [4.78, 5) is 35.7. The molecule has 11 heteroatoms. The Morgan fingerprint density at radius 2 is 1.36 bits per heavy atom. The van der Waals surface area contributed by atoms with Gasteiger partial charge in [-0.1, -0.05) is 60.7 Å². The number of allylic oxidation sites excluding steroid dienone is 3. The highest BCUT2D eigenvalue weighted by atomic mass is 16.5. The van der Waals surface area contributed by atoms with E-state index < -0.39 is 18.2 Å². The van der Waals surface area contributed by atoms with Crippen LogP contribution in [0.4, 0.5) is 0 Å². The van der Waals surface area contributed by atoms with Crippen LogP contribution in [0.25, 0.3) is 22.9 Å². The summed E-state index contributed by atoms with van der Waals surface area (Å²) in [5.74, 6) is 1.29. The fourth-order valence-electron chi connectivity index (χ4n) is 8.94. The van der Waals surface area contributed by atoms with E-state index in [1.807, 2.05) is 139 Å². The van der Waals surface area contributed by atoms with Crippen molar-refractivity contribution in [2.24, 2.45) is 0 Å². The van der Waals surface area contributed by atoms with Gasteiger partial charge in [-0.25, -0.2) is 4.79 Å². The van der Waals surface area contributed by atoms with Gasteiger partial charge in [-0.15, -0.1) is 0 Å². The third kappa shape index (κ3) is 11.1. The molecule has 0 saturated carbocycles. The van der Waals surface area contributed by atoms with Crippen molar-refractivity contribution < 1.29 is 48.3 Å². The van der Waals surface area contributed by atoms with E-state index >= 15 is 0 Å². The molecule has 0 radical (unpaired) electrons. The van der Waals surface area contributed by atoms with E-state index in [1.165, 1.54) is 0 Å². The SMILES string of the molecule is C/C=C/c1c(C)cc2c(CO)c3c(c(O)c2c1C)C(=O)CC[C@@H]3OCc1ccc(OC)cc1.C/C=C/c1c(C)cc2c(c1C)C(=O)OC2C#N.COc1ccc(CO[C@@H]2C=CC(=O)CC2)cc1. The molecule has 0 spiro atoms. The number of benzene rings is 5. The molecule has 0 aromatic heterocycles.